The van der Waals surface area contributed by atoms with Crippen LogP contribution < -0.4 is 5.32 Å². The summed E-state index contributed by atoms with van der Waals surface area (Å²) in [5.41, 5.74) is -0.128. The number of nitrogens with zero attached hydrogens (tertiary/aromatic N) is 2. The van der Waals surface area contributed by atoms with Crippen LogP contribution in [0.1, 0.15) is 58.7 Å². The number of aromatic nitrogens is 2. The summed E-state index contributed by atoms with van der Waals surface area (Å²) >= 11 is 0. The molecule has 0 saturated heterocycles. The highest BCUT2D eigenvalue weighted by atomic mass is 16.5. The first-order valence-electron chi connectivity index (χ1n) is 7.04. The molecule has 0 spiro atoms. The van der Waals surface area contributed by atoms with Crippen molar-refractivity contribution >= 4 is 5.97 Å². The van der Waals surface area contributed by atoms with Gasteiger partial charge >= 0.3 is 5.97 Å². The standard InChI is InChI=1S/C14H25N3O3/c1-10(5-6-12(18)19)7-8-15-9-11-16-13(20-17-11)14(2,3)4/h10,15H,5-9H2,1-4H3,(H,18,19). The molecule has 0 bridgehead atoms. The van der Waals surface area contributed by atoms with E-state index in [9.17, 15) is 4.79 Å². The van der Waals surface area contributed by atoms with E-state index in [2.05, 4.69) is 22.4 Å². The van der Waals surface area contributed by atoms with E-state index in [4.69, 9.17) is 9.63 Å². The van der Waals surface area contributed by atoms with Crippen LogP contribution >= 0.6 is 0 Å². The van der Waals surface area contributed by atoms with Gasteiger partial charge in [0.2, 0.25) is 5.89 Å². The van der Waals surface area contributed by atoms with Gasteiger partial charge in [-0.25, -0.2) is 0 Å². The second-order valence-corrected chi connectivity index (χ2v) is 6.27. The maximum Gasteiger partial charge on any atom is 0.303 e. The molecule has 6 heteroatoms. The molecule has 114 valence electrons. The summed E-state index contributed by atoms with van der Waals surface area (Å²) in [4.78, 5) is 14.8. The zero-order valence-electron chi connectivity index (χ0n) is 12.8. The highest BCUT2D eigenvalue weighted by molar-refractivity contribution is 5.66. The molecule has 1 aromatic rings. The van der Waals surface area contributed by atoms with Gasteiger partial charge in [-0.05, 0) is 25.3 Å². The Kier molecular flexibility index (Phi) is 6.13. The number of carboxylic acids is 1. The van der Waals surface area contributed by atoms with E-state index >= 15 is 0 Å². The summed E-state index contributed by atoms with van der Waals surface area (Å²) in [7, 11) is 0. The van der Waals surface area contributed by atoms with Gasteiger partial charge in [0, 0.05) is 11.8 Å². The van der Waals surface area contributed by atoms with Gasteiger partial charge in [0.05, 0.1) is 6.54 Å². The Morgan fingerprint density at radius 1 is 1.40 bits per heavy atom. The van der Waals surface area contributed by atoms with Crippen molar-refractivity contribution < 1.29 is 14.4 Å². The maximum atomic E-state index is 10.5. The molecule has 20 heavy (non-hydrogen) atoms. The summed E-state index contributed by atoms with van der Waals surface area (Å²) in [6.45, 7) is 9.55. The Labute approximate surface area is 120 Å². The van der Waals surface area contributed by atoms with Gasteiger partial charge in [-0.2, -0.15) is 4.98 Å². The summed E-state index contributed by atoms with van der Waals surface area (Å²) in [6, 6.07) is 0. The Morgan fingerprint density at radius 2 is 2.10 bits per heavy atom. The third-order valence-electron chi connectivity index (χ3n) is 3.06. The minimum absolute atomic E-state index is 0.128. The number of carboxylic acid groups (broad SMARTS) is 1. The predicted octanol–water partition coefficient (Wildman–Crippen LogP) is 2.35. The van der Waals surface area contributed by atoms with E-state index in [1.54, 1.807) is 0 Å². The average Bonchev–Trinajstić information content (AvgIpc) is 2.80. The lowest BCUT2D eigenvalue weighted by atomic mass is 9.97. The number of hydrogen-bond donors (Lipinski definition) is 2. The zero-order valence-corrected chi connectivity index (χ0v) is 12.8. The van der Waals surface area contributed by atoms with E-state index < -0.39 is 5.97 Å². The molecule has 0 saturated carbocycles. The van der Waals surface area contributed by atoms with Crippen molar-refractivity contribution in [2.75, 3.05) is 6.54 Å². The topological polar surface area (TPSA) is 88.3 Å². The van der Waals surface area contributed by atoms with Crippen LogP contribution in [0.4, 0.5) is 0 Å². The molecule has 0 aliphatic rings. The minimum Gasteiger partial charge on any atom is -0.481 e. The molecule has 6 nitrogen and oxygen atoms in total. The first kappa shape index (κ1) is 16.6. The number of hydrogen-bond acceptors (Lipinski definition) is 5. The van der Waals surface area contributed by atoms with Gasteiger partial charge in [-0.1, -0.05) is 32.9 Å². The van der Waals surface area contributed by atoms with Gasteiger partial charge in [-0.15, -0.1) is 0 Å². The zero-order chi connectivity index (χ0) is 15.2. The summed E-state index contributed by atoms with van der Waals surface area (Å²) < 4.78 is 5.21. The maximum absolute atomic E-state index is 10.5. The molecular weight excluding hydrogens is 258 g/mol. The van der Waals surface area contributed by atoms with Crippen LogP contribution in [-0.4, -0.2) is 27.8 Å². The molecular formula is C14H25N3O3. The van der Waals surface area contributed by atoms with E-state index in [0.717, 1.165) is 13.0 Å². The van der Waals surface area contributed by atoms with Crippen LogP contribution in [0, 0.1) is 5.92 Å². The predicted molar refractivity (Wildman–Crippen MR) is 75.4 cm³/mol. The number of carbonyl (C=O) groups is 1. The quantitative estimate of drug-likeness (QED) is 0.712. The SMILES string of the molecule is CC(CCNCc1noc(C(C)(C)C)n1)CCC(=O)O. The van der Waals surface area contributed by atoms with Crippen molar-refractivity contribution in [3.05, 3.63) is 11.7 Å². The van der Waals surface area contributed by atoms with E-state index in [1.807, 2.05) is 20.8 Å². The van der Waals surface area contributed by atoms with Crippen molar-refractivity contribution in [2.45, 2.75) is 58.9 Å². The summed E-state index contributed by atoms with van der Waals surface area (Å²) in [6.07, 6.45) is 1.89. The lowest BCUT2D eigenvalue weighted by Gasteiger charge is -2.10. The average molecular weight is 283 g/mol. The molecule has 0 radical (unpaired) electrons. The van der Waals surface area contributed by atoms with Crippen LogP contribution in [-0.2, 0) is 16.8 Å². The first-order valence-corrected chi connectivity index (χ1v) is 7.04. The molecule has 0 aromatic carbocycles. The lowest BCUT2D eigenvalue weighted by Crippen LogP contribution is -2.18. The molecule has 1 unspecified atom stereocenters. The van der Waals surface area contributed by atoms with Crippen LogP contribution in [0.3, 0.4) is 0 Å². The molecule has 0 amide bonds. The monoisotopic (exact) mass is 283 g/mol. The Bertz CT molecular complexity index is 424. The summed E-state index contributed by atoms with van der Waals surface area (Å²) in [5.74, 6) is 0.970. The van der Waals surface area contributed by atoms with Crippen LogP contribution in [0.25, 0.3) is 0 Å². The Balaban J connectivity index is 2.21. The smallest absolute Gasteiger partial charge is 0.303 e. The second-order valence-electron chi connectivity index (χ2n) is 6.27. The van der Waals surface area contributed by atoms with Crippen LogP contribution in [0.2, 0.25) is 0 Å². The highest BCUT2D eigenvalue weighted by Gasteiger charge is 2.21. The van der Waals surface area contributed by atoms with Gasteiger partial charge in [0.15, 0.2) is 5.82 Å². The van der Waals surface area contributed by atoms with E-state index in [1.165, 1.54) is 0 Å². The fourth-order valence-electron chi connectivity index (χ4n) is 1.69. The second kappa shape index (κ2) is 7.38. The molecule has 0 aliphatic heterocycles. The largest absolute Gasteiger partial charge is 0.481 e. The number of rotatable bonds is 8. The lowest BCUT2D eigenvalue weighted by molar-refractivity contribution is -0.137. The van der Waals surface area contributed by atoms with Gasteiger partial charge in [0.1, 0.15) is 0 Å². The molecule has 0 fully saturated rings. The molecule has 1 aromatic heterocycles. The molecule has 1 atom stereocenters. The number of aliphatic carboxylic acids is 1. The minimum atomic E-state index is -0.730. The third-order valence-corrected chi connectivity index (χ3v) is 3.06. The van der Waals surface area contributed by atoms with Gasteiger partial charge in [-0.3, -0.25) is 4.79 Å². The third kappa shape index (κ3) is 6.14. The highest BCUT2D eigenvalue weighted by Crippen LogP contribution is 2.19. The van der Waals surface area contributed by atoms with Crippen molar-refractivity contribution in [2.24, 2.45) is 5.92 Å². The fourth-order valence-corrected chi connectivity index (χ4v) is 1.69. The van der Waals surface area contributed by atoms with Crippen molar-refractivity contribution in [3.63, 3.8) is 0 Å². The van der Waals surface area contributed by atoms with E-state index in [0.29, 0.717) is 30.6 Å². The van der Waals surface area contributed by atoms with E-state index in [-0.39, 0.29) is 11.8 Å². The Hall–Kier alpha value is -1.43. The van der Waals surface area contributed by atoms with Gasteiger partial charge in [0.25, 0.3) is 0 Å². The fraction of sp³-hybridized carbons (Fsp3) is 0.786. The first-order chi connectivity index (χ1) is 9.29. The van der Waals surface area contributed by atoms with Crippen molar-refractivity contribution in [1.29, 1.82) is 0 Å². The van der Waals surface area contributed by atoms with Crippen LogP contribution in [0.5, 0.6) is 0 Å². The number of nitrogens with one attached hydrogen (secondary N) is 1. The molecule has 1 heterocycles. The summed E-state index contributed by atoms with van der Waals surface area (Å²) in [5, 5.41) is 15.8. The normalized spacial score (nSPS) is 13.4. The van der Waals surface area contributed by atoms with Gasteiger partial charge < -0.3 is 14.9 Å². The van der Waals surface area contributed by atoms with Crippen LogP contribution in [0.15, 0.2) is 4.52 Å². The van der Waals surface area contributed by atoms with Crippen molar-refractivity contribution in [1.82, 2.24) is 15.5 Å². The molecule has 0 aliphatic carbocycles. The molecule has 2 N–H and O–H groups in total. The van der Waals surface area contributed by atoms with Crippen molar-refractivity contribution in [3.8, 4) is 0 Å². The molecule has 1 rings (SSSR count). The Morgan fingerprint density at radius 3 is 2.65 bits per heavy atom.